The predicted octanol–water partition coefficient (Wildman–Crippen LogP) is 3.03. The highest BCUT2D eigenvalue weighted by Crippen LogP contribution is 2.35. The molecule has 0 amide bonds. The summed E-state index contributed by atoms with van der Waals surface area (Å²) >= 11 is 0. The molecule has 0 saturated heterocycles. The number of rotatable bonds is 3. The lowest BCUT2D eigenvalue weighted by atomic mass is 9.82. The summed E-state index contributed by atoms with van der Waals surface area (Å²) in [4.78, 5) is 12.2. The molecule has 16 heavy (non-hydrogen) atoms. The topological polar surface area (TPSA) is 35.5 Å². The normalized spacial score (nSPS) is 13.9. The first-order valence-electron chi connectivity index (χ1n) is 5.49. The number of ether oxygens (including phenoxy) is 2. The monoisotopic (exact) mass is 220 g/mol. The van der Waals surface area contributed by atoms with Crippen LogP contribution in [-0.4, -0.2) is 12.6 Å². The minimum atomic E-state index is -0.326. The molecule has 86 valence electrons. The summed E-state index contributed by atoms with van der Waals surface area (Å²) in [6.45, 7) is 6.18. The van der Waals surface area contributed by atoms with Gasteiger partial charge in [0.15, 0.2) is 17.3 Å². The molecular formula is C13H16O3. The van der Waals surface area contributed by atoms with Crippen LogP contribution in [0.5, 0.6) is 11.5 Å². The summed E-state index contributed by atoms with van der Waals surface area (Å²) in [5, 5.41) is 0. The number of hydrogen-bond donors (Lipinski definition) is 0. The number of hydrogen-bond acceptors (Lipinski definition) is 3. The van der Waals surface area contributed by atoms with E-state index < -0.39 is 0 Å². The Morgan fingerprint density at radius 2 is 2.00 bits per heavy atom. The molecule has 3 nitrogen and oxygen atoms in total. The molecule has 0 fully saturated rings. The molecule has 3 heteroatoms. The third-order valence-electron chi connectivity index (χ3n) is 3.13. The second kappa shape index (κ2) is 3.81. The Bertz CT molecular complexity index is 421. The van der Waals surface area contributed by atoms with Crippen molar-refractivity contribution in [2.24, 2.45) is 5.41 Å². The fraction of sp³-hybridized carbons (Fsp3) is 0.462. The summed E-state index contributed by atoms with van der Waals surface area (Å²) in [5.41, 5.74) is 0.365. The molecule has 0 bridgehead atoms. The summed E-state index contributed by atoms with van der Waals surface area (Å²) in [5.74, 6) is 1.52. The average molecular weight is 220 g/mol. The van der Waals surface area contributed by atoms with E-state index in [9.17, 15) is 4.79 Å². The van der Waals surface area contributed by atoms with Gasteiger partial charge in [-0.2, -0.15) is 0 Å². The molecule has 0 unspecified atom stereocenters. The Morgan fingerprint density at radius 3 is 2.69 bits per heavy atom. The second-order valence-electron chi connectivity index (χ2n) is 4.63. The number of Topliss-reactive ketones (excluding diaryl/α,β-unsaturated/α-hetero) is 1. The van der Waals surface area contributed by atoms with E-state index in [0.717, 1.165) is 6.42 Å². The number of carbonyl (C=O) groups is 1. The maximum absolute atomic E-state index is 12.2. The lowest BCUT2D eigenvalue weighted by Crippen LogP contribution is -2.23. The largest absolute Gasteiger partial charge is 0.454 e. The summed E-state index contributed by atoms with van der Waals surface area (Å²) < 4.78 is 10.5. The van der Waals surface area contributed by atoms with Gasteiger partial charge in [0.1, 0.15) is 0 Å². The molecule has 1 aliphatic heterocycles. The van der Waals surface area contributed by atoms with Crippen LogP contribution in [0, 0.1) is 5.41 Å². The van der Waals surface area contributed by atoms with Crippen molar-refractivity contribution < 1.29 is 14.3 Å². The average Bonchev–Trinajstić information content (AvgIpc) is 2.74. The van der Waals surface area contributed by atoms with Gasteiger partial charge in [-0.05, 0) is 24.6 Å². The van der Waals surface area contributed by atoms with Gasteiger partial charge in [-0.1, -0.05) is 20.8 Å². The molecule has 0 N–H and O–H groups in total. The van der Waals surface area contributed by atoms with Gasteiger partial charge < -0.3 is 9.47 Å². The van der Waals surface area contributed by atoms with Crippen LogP contribution in [0.25, 0.3) is 0 Å². The van der Waals surface area contributed by atoms with Crippen molar-refractivity contribution in [1.29, 1.82) is 0 Å². The first-order valence-corrected chi connectivity index (χ1v) is 5.49. The highest BCUT2D eigenvalue weighted by atomic mass is 16.7. The zero-order valence-corrected chi connectivity index (χ0v) is 9.87. The highest BCUT2D eigenvalue weighted by Gasteiger charge is 2.27. The Balaban J connectivity index is 2.32. The van der Waals surface area contributed by atoms with Crippen LogP contribution in [0.15, 0.2) is 18.2 Å². The SMILES string of the molecule is CCC(C)(C)C(=O)c1ccc2c(c1)OCO2. The molecule has 0 saturated carbocycles. The molecule has 0 aliphatic carbocycles. The van der Waals surface area contributed by atoms with Gasteiger partial charge in [-0.25, -0.2) is 0 Å². The van der Waals surface area contributed by atoms with Crippen molar-refractivity contribution in [2.75, 3.05) is 6.79 Å². The second-order valence-corrected chi connectivity index (χ2v) is 4.63. The van der Waals surface area contributed by atoms with Gasteiger partial charge in [0.25, 0.3) is 0 Å². The Labute approximate surface area is 95.4 Å². The summed E-state index contributed by atoms with van der Waals surface area (Å²) in [6, 6.07) is 5.36. The minimum Gasteiger partial charge on any atom is -0.454 e. The van der Waals surface area contributed by atoms with Crippen molar-refractivity contribution >= 4 is 5.78 Å². The lowest BCUT2D eigenvalue weighted by Gasteiger charge is -2.20. The van der Waals surface area contributed by atoms with Crippen molar-refractivity contribution in [1.82, 2.24) is 0 Å². The quantitative estimate of drug-likeness (QED) is 0.734. The summed E-state index contributed by atoms with van der Waals surface area (Å²) in [7, 11) is 0. The van der Waals surface area contributed by atoms with Crippen LogP contribution in [0.1, 0.15) is 37.6 Å². The van der Waals surface area contributed by atoms with Gasteiger partial charge in [-0.3, -0.25) is 4.79 Å². The predicted molar refractivity (Wildman–Crippen MR) is 61.0 cm³/mol. The van der Waals surface area contributed by atoms with Crippen molar-refractivity contribution in [3.63, 3.8) is 0 Å². The molecule has 1 aliphatic rings. The molecule has 1 aromatic carbocycles. The Morgan fingerprint density at radius 1 is 1.31 bits per heavy atom. The molecule has 0 radical (unpaired) electrons. The zero-order chi connectivity index (χ0) is 11.8. The Kier molecular flexibility index (Phi) is 2.62. The van der Waals surface area contributed by atoms with Crippen molar-refractivity contribution in [2.45, 2.75) is 27.2 Å². The molecule has 1 heterocycles. The van der Waals surface area contributed by atoms with Gasteiger partial charge in [0.2, 0.25) is 6.79 Å². The van der Waals surface area contributed by atoms with Crippen LogP contribution in [0.2, 0.25) is 0 Å². The lowest BCUT2D eigenvalue weighted by molar-refractivity contribution is 0.0832. The maximum Gasteiger partial charge on any atom is 0.231 e. The molecule has 2 rings (SSSR count). The number of carbonyl (C=O) groups excluding carboxylic acids is 1. The van der Waals surface area contributed by atoms with E-state index in [-0.39, 0.29) is 18.0 Å². The van der Waals surface area contributed by atoms with Crippen LogP contribution in [-0.2, 0) is 0 Å². The van der Waals surface area contributed by atoms with Gasteiger partial charge >= 0.3 is 0 Å². The van der Waals surface area contributed by atoms with E-state index in [4.69, 9.17) is 9.47 Å². The van der Waals surface area contributed by atoms with Crippen LogP contribution >= 0.6 is 0 Å². The van der Waals surface area contributed by atoms with Gasteiger partial charge in [0, 0.05) is 11.0 Å². The first kappa shape index (κ1) is 11.0. The number of fused-ring (bicyclic) bond motifs is 1. The molecule has 0 atom stereocenters. The van der Waals surface area contributed by atoms with Crippen molar-refractivity contribution in [3.8, 4) is 11.5 Å². The van der Waals surface area contributed by atoms with E-state index >= 15 is 0 Å². The van der Waals surface area contributed by atoms with E-state index in [1.54, 1.807) is 18.2 Å². The zero-order valence-electron chi connectivity index (χ0n) is 9.87. The molecule has 0 spiro atoms. The van der Waals surface area contributed by atoms with Crippen LogP contribution in [0.3, 0.4) is 0 Å². The van der Waals surface area contributed by atoms with E-state index in [2.05, 4.69) is 0 Å². The Hall–Kier alpha value is -1.51. The summed E-state index contributed by atoms with van der Waals surface area (Å²) in [6.07, 6.45) is 0.820. The minimum absolute atomic E-state index is 0.147. The fourth-order valence-corrected chi connectivity index (χ4v) is 1.59. The molecule has 1 aromatic rings. The van der Waals surface area contributed by atoms with Crippen LogP contribution < -0.4 is 9.47 Å². The van der Waals surface area contributed by atoms with Crippen molar-refractivity contribution in [3.05, 3.63) is 23.8 Å². The maximum atomic E-state index is 12.2. The third kappa shape index (κ3) is 1.77. The number of ketones is 1. The first-order chi connectivity index (χ1) is 7.54. The third-order valence-corrected chi connectivity index (χ3v) is 3.13. The smallest absolute Gasteiger partial charge is 0.231 e. The highest BCUT2D eigenvalue weighted by molar-refractivity contribution is 6.00. The standard InChI is InChI=1S/C13H16O3/c1-4-13(2,3)12(14)9-5-6-10-11(7-9)16-8-15-10/h5-7H,4,8H2,1-3H3. The molecule has 0 aromatic heterocycles. The fourth-order valence-electron chi connectivity index (χ4n) is 1.59. The number of benzene rings is 1. The van der Waals surface area contributed by atoms with Gasteiger partial charge in [-0.15, -0.1) is 0 Å². The van der Waals surface area contributed by atoms with E-state index in [0.29, 0.717) is 17.1 Å². The van der Waals surface area contributed by atoms with E-state index in [1.807, 2.05) is 20.8 Å². The molecular weight excluding hydrogens is 204 g/mol. The van der Waals surface area contributed by atoms with E-state index in [1.165, 1.54) is 0 Å². The van der Waals surface area contributed by atoms with Gasteiger partial charge in [0.05, 0.1) is 0 Å². The van der Waals surface area contributed by atoms with Crippen LogP contribution in [0.4, 0.5) is 0 Å².